The van der Waals surface area contributed by atoms with Crippen molar-refractivity contribution in [3.8, 4) is 5.75 Å². The van der Waals surface area contributed by atoms with E-state index in [1.807, 2.05) is 56.0 Å². The van der Waals surface area contributed by atoms with Crippen LogP contribution < -0.4 is 15.0 Å². The number of rotatable bonds is 6. The number of fused-ring (bicyclic) bond motifs is 1. The van der Waals surface area contributed by atoms with E-state index < -0.39 is 5.60 Å². The number of carbonyl (C=O) groups excluding carboxylic acids is 1. The molecule has 0 radical (unpaired) electrons. The molecule has 1 unspecified atom stereocenters. The Labute approximate surface area is 232 Å². The van der Waals surface area contributed by atoms with Crippen LogP contribution >= 0.6 is 11.6 Å². The van der Waals surface area contributed by atoms with Gasteiger partial charge in [0, 0.05) is 37.8 Å². The van der Waals surface area contributed by atoms with Crippen molar-refractivity contribution in [3.05, 3.63) is 41.7 Å². The maximum absolute atomic E-state index is 12.6. The summed E-state index contributed by atoms with van der Waals surface area (Å²) in [6.45, 7) is 9.92. The van der Waals surface area contributed by atoms with Crippen LogP contribution in [0.1, 0.15) is 33.6 Å². The van der Waals surface area contributed by atoms with Crippen LogP contribution in [-0.4, -0.2) is 76.5 Å². The Morgan fingerprint density at radius 2 is 2.08 bits per heavy atom. The van der Waals surface area contributed by atoms with Gasteiger partial charge in [0.05, 0.1) is 29.3 Å². The zero-order valence-corrected chi connectivity index (χ0v) is 23.2. The van der Waals surface area contributed by atoms with E-state index in [0.29, 0.717) is 47.7 Å². The third kappa shape index (κ3) is 5.27. The number of nitrogens with zero attached hydrogens (tertiary/aromatic N) is 5. The van der Waals surface area contributed by atoms with Gasteiger partial charge in [0.1, 0.15) is 29.0 Å². The van der Waals surface area contributed by atoms with E-state index >= 15 is 0 Å². The Hall–Kier alpha value is -3.37. The topological polar surface area (TPSA) is 102 Å². The van der Waals surface area contributed by atoms with Crippen molar-refractivity contribution < 1.29 is 19.0 Å². The second kappa shape index (κ2) is 9.98. The molecule has 5 heterocycles. The minimum absolute atomic E-state index is 0.182. The zero-order chi connectivity index (χ0) is 27.2. The summed E-state index contributed by atoms with van der Waals surface area (Å²) in [4.78, 5) is 30.4. The van der Waals surface area contributed by atoms with E-state index in [2.05, 4.69) is 20.2 Å². The van der Waals surface area contributed by atoms with Gasteiger partial charge in [-0.3, -0.25) is 4.90 Å². The molecule has 0 saturated carbocycles. The van der Waals surface area contributed by atoms with Crippen molar-refractivity contribution in [1.82, 2.24) is 19.9 Å². The second-order valence-electron chi connectivity index (χ2n) is 11.5. The number of aromatic nitrogens is 3. The third-order valence-corrected chi connectivity index (χ3v) is 7.74. The number of benzene rings is 1. The average Bonchev–Trinajstić information content (AvgIpc) is 3.35. The predicted octanol–water partition coefficient (Wildman–Crippen LogP) is 5.04. The molecule has 3 aliphatic rings. The van der Waals surface area contributed by atoms with Gasteiger partial charge in [0.2, 0.25) is 0 Å². The average molecular weight is 553 g/mol. The highest BCUT2D eigenvalue weighted by atomic mass is 35.5. The van der Waals surface area contributed by atoms with Crippen LogP contribution in [0.3, 0.4) is 0 Å². The van der Waals surface area contributed by atoms with Crippen molar-refractivity contribution in [3.63, 3.8) is 0 Å². The number of hydrogen-bond acceptors (Lipinski definition) is 9. The first kappa shape index (κ1) is 25.9. The van der Waals surface area contributed by atoms with Crippen molar-refractivity contribution in [2.45, 2.75) is 44.8 Å². The molecule has 10 nitrogen and oxygen atoms in total. The monoisotopic (exact) mass is 552 g/mol. The molecule has 0 bridgehead atoms. The van der Waals surface area contributed by atoms with Gasteiger partial charge < -0.3 is 24.4 Å². The summed E-state index contributed by atoms with van der Waals surface area (Å²) in [5, 5.41) is 3.86. The van der Waals surface area contributed by atoms with Gasteiger partial charge in [-0.05, 0) is 63.9 Å². The molecule has 39 heavy (non-hydrogen) atoms. The van der Waals surface area contributed by atoms with Gasteiger partial charge in [-0.2, -0.15) is 0 Å². The molecule has 6 rings (SSSR count). The first-order valence-electron chi connectivity index (χ1n) is 13.3. The Morgan fingerprint density at radius 1 is 1.23 bits per heavy atom. The zero-order valence-electron chi connectivity index (χ0n) is 22.4. The molecule has 1 atom stereocenters. The number of amides is 1. The molecule has 3 fully saturated rings. The SMILES string of the molecule is CC(C)(C)OC(=O)N1CCC12CN(c1ccc3ncnc(Nc4ccc(OCC5CCOC5)c(Cl)c4)c3n1)C2. The summed E-state index contributed by atoms with van der Waals surface area (Å²) in [7, 11) is 0. The van der Waals surface area contributed by atoms with Gasteiger partial charge in [-0.15, -0.1) is 0 Å². The maximum Gasteiger partial charge on any atom is 0.410 e. The van der Waals surface area contributed by atoms with E-state index in [1.54, 1.807) is 0 Å². The molecule has 3 aliphatic heterocycles. The standard InChI is InChI=1S/C28H33ClN6O4/c1-27(2,3)39-26(36)35-10-9-28(35)15-34(16-28)23-7-5-21-24(33-23)25(31-17-30-21)32-19-4-6-22(20(29)12-19)38-14-18-8-11-37-13-18/h4-7,12,17-18H,8-11,13-16H2,1-3H3,(H,30,31,32). The van der Waals surface area contributed by atoms with E-state index in [-0.39, 0.29) is 11.6 Å². The lowest BCUT2D eigenvalue weighted by molar-refractivity contribution is -0.0562. The first-order chi connectivity index (χ1) is 18.7. The molecule has 11 heteroatoms. The lowest BCUT2D eigenvalue weighted by Gasteiger charge is -2.62. The summed E-state index contributed by atoms with van der Waals surface area (Å²) >= 11 is 6.52. The van der Waals surface area contributed by atoms with Crippen LogP contribution in [0.5, 0.6) is 5.75 Å². The van der Waals surface area contributed by atoms with Crippen LogP contribution in [0.25, 0.3) is 11.0 Å². The predicted molar refractivity (Wildman–Crippen MR) is 149 cm³/mol. The normalized spacial score (nSPS) is 20.1. The summed E-state index contributed by atoms with van der Waals surface area (Å²) in [6, 6.07) is 9.49. The summed E-state index contributed by atoms with van der Waals surface area (Å²) in [5.74, 6) is 2.45. The van der Waals surface area contributed by atoms with Crippen LogP contribution in [0.2, 0.25) is 5.02 Å². The molecule has 0 aliphatic carbocycles. The molecule has 2 aromatic heterocycles. The number of halogens is 1. The Kier molecular flexibility index (Phi) is 6.63. The molecule has 3 aromatic rings. The lowest BCUT2D eigenvalue weighted by Crippen LogP contribution is -2.78. The molecule has 1 aromatic carbocycles. The summed E-state index contributed by atoms with van der Waals surface area (Å²) < 4.78 is 16.9. The number of nitrogens with one attached hydrogen (secondary N) is 1. The number of ether oxygens (including phenoxy) is 3. The highest BCUT2D eigenvalue weighted by Gasteiger charge is 2.56. The van der Waals surface area contributed by atoms with Crippen molar-refractivity contribution in [1.29, 1.82) is 0 Å². The Morgan fingerprint density at radius 3 is 2.77 bits per heavy atom. The molecule has 1 N–H and O–H groups in total. The van der Waals surface area contributed by atoms with E-state index in [9.17, 15) is 4.79 Å². The van der Waals surface area contributed by atoms with Crippen molar-refractivity contribution >= 4 is 46.1 Å². The highest BCUT2D eigenvalue weighted by molar-refractivity contribution is 6.32. The van der Waals surface area contributed by atoms with Crippen LogP contribution in [-0.2, 0) is 9.47 Å². The van der Waals surface area contributed by atoms with Gasteiger partial charge in [-0.1, -0.05) is 11.6 Å². The fourth-order valence-corrected chi connectivity index (χ4v) is 5.48. The van der Waals surface area contributed by atoms with Crippen LogP contribution in [0.15, 0.2) is 36.7 Å². The maximum atomic E-state index is 12.6. The van der Waals surface area contributed by atoms with Crippen LogP contribution in [0.4, 0.5) is 22.1 Å². The highest BCUT2D eigenvalue weighted by Crippen LogP contribution is 2.42. The summed E-state index contributed by atoms with van der Waals surface area (Å²) in [5.41, 5.74) is 1.47. The molecule has 3 saturated heterocycles. The van der Waals surface area contributed by atoms with Crippen molar-refractivity contribution in [2.24, 2.45) is 5.92 Å². The fraction of sp³-hybridized carbons (Fsp3) is 0.500. The summed E-state index contributed by atoms with van der Waals surface area (Å²) in [6.07, 6.45) is 3.23. The smallest absolute Gasteiger partial charge is 0.410 e. The number of likely N-dealkylation sites (tertiary alicyclic amines) is 1. The molecule has 1 spiro atoms. The number of anilines is 3. The van der Waals surface area contributed by atoms with Gasteiger partial charge in [0.25, 0.3) is 0 Å². The van der Waals surface area contributed by atoms with E-state index in [1.165, 1.54) is 6.33 Å². The Bertz CT molecular complexity index is 1380. The minimum atomic E-state index is -0.511. The third-order valence-electron chi connectivity index (χ3n) is 7.44. The molecule has 206 valence electrons. The van der Waals surface area contributed by atoms with Gasteiger partial charge >= 0.3 is 6.09 Å². The first-order valence-corrected chi connectivity index (χ1v) is 13.7. The molecular weight excluding hydrogens is 520 g/mol. The van der Waals surface area contributed by atoms with Crippen molar-refractivity contribution in [2.75, 3.05) is 49.7 Å². The van der Waals surface area contributed by atoms with Crippen LogP contribution in [0, 0.1) is 5.92 Å². The quantitative estimate of drug-likeness (QED) is 0.450. The lowest BCUT2D eigenvalue weighted by atomic mass is 9.78. The largest absolute Gasteiger partial charge is 0.492 e. The number of pyridine rings is 1. The van der Waals surface area contributed by atoms with E-state index in [4.69, 9.17) is 30.8 Å². The second-order valence-corrected chi connectivity index (χ2v) is 11.9. The number of carbonyl (C=O) groups is 1. The fourth-order valence-electron chi connectivity index (χ4n) is 5.25. The van der Waals surface area contributed by atoms with Gasteiger partial charge in [-0.25, -0.2) is 19.7 Å². The van der Waals surface area contributed by atoms with Gasteiger partial charge in [0.15, 0.2) is 5.82 Å². The number of hydrogen-bond donors (Lipinski definition) is 1. The van der Waals surface area contributed by atoms with E-state index in [0.717, 1.165) is 49.6 Å². The minimum Gasteiger partial charge on any atom is -0.492 e. The Balaban J connectivity index is 1.14. The molecule has 1 amide bonds. The molecular formula is C28H33ClN6O4.